The summed E-state index contributed by atoms with van der Waals surface area (Å²) in [4.78, 5) is 13.2. The lowest BCUT2D eigenvalue weighted by atomic mass is 10.2. The summed E-state index contributed by atoms with van der Waals surface area (Å²) in [5.41, 5.74) is 0.250. The Hall–Kier alpha value is -1.93. The third kappa shape index (κ3) is 3.83. The number of nitrogens with zero attached hydrogens (tertiary/aromatic N) is 2. The van der Waals surface area contributed by atoms with Crippen LogP contribution in [0.3, 0.4) is 0 Å². The molecular weight excluding hydrogens is 324 g/mol. The minimum absolute atomic E-state index is 0.252. The van der Waals surface area contributed by atoms with Gasteiger partial charge in [0.15, 0.2) is 9.84 Å². The molecule has 8 heteroatoms. The topological polar surface area (TPSA) is 80.5 Å². The van der Waals surface area contributed by atoms with E-state index in [4.69, 9.17) is 0 Å². The van der Waals surface area contributed by atoms with Crippen LogP contribution in [0.4, 0.5) is 11.4 Å². The molecule has 118 valence electrons. The minimum Gasteiger partial charge on any atom is -0.374 e. The SMILES string of the molecule is CN(CCc1cccs1)c1ccc([N+](=O)[O-])c(S(C)(=O)=O)c1. The molecule has 2 rings (SSSR count). The Labute approximate surface area is 133 Å². The highest BCUT2D eigenvalue weighted by molar-refractivity contribution is 7.90. The number of rotatable bonds is 6. The van der Waals surface area contributed by atoms with Crippen molar-refractivity contribution < 1.29 is 13.3 Å². The van der Waals surface area contributed by atoms with Crippen molar-refractivity contribution in [3.05, 3.63) is 50.7 Å². The molecule has 0 N–H and O–H groups in total. The molecule has 0 spiro atoms. The molecule has 6 nitrogen and oxygen atoms in total. The van der Waals surface area contributed by atoms with Gasteiger partial charge in [0.1, 0.15) is 4.90 Å². The van der Waals surface area contributed by atoms with E-state index in [0.29, 0.717) is 12.2 Å². The Morgan fingerprint density at radius 1 is 1.32 bits per heavy atom. The van der Waals surface area contributed by atoms with Gasteiger partial charge in [-0.05, 0) is 30.0 Å². The molecule has 1 aromatic carbocycles. The van der Waals surface area contributed by atoms with E-state index in [1.165, 1.54) is 17.0 Å². The predicted molar refractivity (Wildman–Crippen MR) is 87.5 cm³/mol. The summed E-state index contributed by atoms with van der Waals surface area (Å²) >= 11 is 1.66. The van der Waals surface area contributed by atoms with E-state index in [1.807, 2.05) is 29.5 Å². The summed E-state index contributed by atoms with van der Waals surface area (Å²) in [6.07, 6.45) is 1.81. The standard InChI is InChI=1S/C14H16N2O4S2/c1-15(8-7-12-4-3-9-21-12)11-5-6-13(16(17)18)14(10-11)22(2,19)20/h3-6,9-10H,7-8H2,1-2H3. The van der Waals surface area contributed by atoms with E-state index < -0.39 is 20.4 Å². The molecule has 1 heterocycles. The quantitative estimate of drug-likeness (QED) is 0.596. The molecule has 2 aromatic rings. The summed E-state index contributed by atoms with van der Waals surface area (Å²) in [7, 11) is -1.82. The van der Waals surface area contributed by atoms with Crippen molar-refractivity contribution >= 4 is 32.5 Å². The summed E-state index contributed by atoms with van der Waals surface area (Å²) in [6.45, 7) is 0.696. The van der Waals surface area contributed by atoms with Crippen molar-refractivity contribution in [2.24, 2.45) is 0 Å². The lowest BCUT2D eigenvalue weighted by Gasteiger charge is -2.19. The maximum Gasteiger partial charge on any atom is 0.288 e. The number of nitro benzene ring substituents is 1. The van der Waals surface area contributed by atoms with E-state index in [-0.39, 0.29) is 4.90 Å². The maximum atomic E-state index is 11.8. The fourth-order valence-corrected chi connectivity index (χ4v) is 3.61. The van der Waals surface area contributed by atoms with Crippen LogP contribution in [0.2, 0.25) is 0 Å². The van der Waals surface area contributed by atoms with Crippen LogP contribution in [0, 0.1) is 10.1 Å². The van der Waals surface area contributed by atoms with Crippen LogP contribution in [0.15, 0.2) is 40.6 Å². The fraction of sp³-hybridized carbons (Fsp3) is 0.286. The third-order valence-electron chi connectivity index (χ3n) is 3.25. The minimum atomic E-state index is -3.66. The summed E-state index contributed by atoms with van der Waals surface area (Å²) < 4.78 is 23.5. The first kappa shape index (κ1) is 16.4. The molecule has 0 unspecified atom stereocenters. The summed E-state index contributed by atoms with van der Waals surface area (Å²) in [5, 5.41) is 13.0. The van der Waals surface area contributed by atoms with E-state index in [9.17, 15) is 18.5 Å². The van der Waals surface area contributed by atoms with Crippen molar-refractivity contribution in [3.63, 3.8) is 0 Å². The van der Waals surface area contributed by atoms with Crippen LogP contribution in [-0.4, -0.2) is 33.2 Å². The number of nitro groups is 1. The number of anilines is 1. The molecule has 0 saturated carbocycles. The second-order valence-corrected chi connectivity index (χ2v) is 7.95. The molecule has 1 aromatic heterocycles. The highest BCUT2D eigenvalue weighted by Crippen LogP contribution is 2.28. The van der Waals surface area contributed by atoms with Gasteiger partial charge in [0, 0.05) is 36.5 Å². The first-order chi connectivity index (χ1) is 10.3. The van der Waals surface area contributed by atoms with Crippen molar-refractivity contribution in [1.82, 2.24) is 0 Å². The van der Waals surface area contributed by atoms with E-state index in [0.717, 1.165) is 12.7 Å². The highest BCUT2D eigenvalue weighted by atomic mass is 32.2. The molecule has 0 fully saturated rings. The first-order valence-electron chi connectivity index (χ1n) is 6.51. The average Bonchev–Trinajstić information content (AvgIpc) is 2.96. The normalized spacial score (nSPS) is 11.4. The van der Waals surface area contributed by atoms with Gasteiger partial charge >= 0.3 is 0 Å². The van der Waals surface area contributed by atoms with E-state index in [1.54, 1.807) is 17.4 Å². The first-order valence-corrected chi connectivity index (χ1v) is 9.28. The van der Waals surface area contributed by atoms with Gasteiger partial charge in [0.25, 0.3) is 5.69 Å². The molecule has 0 aliphatic rings. The molecule has 0 radical (unpaired) electrons. The zero-order valence-corrected chi connectivity index (χ0v) is 13.9. The zero-order chi connectivity index (χ0) is 16.3. The molecular formula is C14H16N2O4S2. The molecule has 0 amide bonds. The van der Waals surface area contributed by atoms with Crippen LogP contribution in [-0.2, 0) is 16.3 Å². The number of hydrogen-bond acceptors (Lipinski definition) is 6. The molecule has 0 saturated heterocycles. The number of hydrogen-bond donors (Lipinski definition) is 0. The summed E-state index contributed by atoms with van der Waals surface area (Å²) in [6, 6.07) is 8.19. The molecule has 0 aliphatic heterocycles. The smallest absolute Gasteiger partial charge is 0.288 e. The van der Waals surface area contributed by atoms with Gasteiger partial charge in [-0.1, -0.05) is 6.07 Å². The van der Waals surface area contributed by atoms with Crippen LogP contribution < -0.4 is 4.90 Å². The second kappa shape index (κ2) is 6.45. The predicted octanol–water partition coefficient (Wildman–Crippen LogP) is 2.74. The zero-order valence-electron chi connectivity index (χ0n) is 12.2. The number of benzene rings is 1. The lowest BCUT2D eigenvalue weighted by molar-refractivity contribution is -0.387. The Balaban J connectivity index is 2.26. The lowest BCUT2D eigenvalue weighted by Crippen LogP contribution is -2.20. The summed E-state index contributed by atoms with van der Waals surface area (Å²) in [5.74, 6) is 0. The molecule has 22 heavy (non-hydrogen) atoms. The van der Waals surface area contributed by atoms with Crippen LogP contribution in [0.1, 0.15) is 4.88 Å². The number of thiophene rings is 1. The molecule has 0 aliphatic carbocycles. The third-order valence-corrected chi connectivity index (χ3v) is 5.32. The average molecular weight is 340 g/mol. The van der Waals surface area contributed by atoms with Crippen molar-refractivity contribution in [2.75, 3.05) is 24.7 Å². The van der Waals surface area contributed by atoms with Gasteiger partial charge in [0.05, 0.1) is 4.92 Å². The van der Waals surface area contributed by atoms with Gasteiger partial charge in [-0.15, -0.1) is 11.3 Å². The fourth-order valence-electron chi connectivity index (χ4n) is 2.05. The number of likely N-dealkylation sites (N-methyl/N-ethyl adjacent to an activating group) is 1. The van der Waals surface area contributed by atoms with Gasteiger partial charge in [-0.3, -0.25) is 10.1 Å². The van der Waals surface area contributed by atoms with Crippen LogP contribution in [0.25, 0.3) is 0 Å². The van der Waals surface area contributed by atoms with Crippen molar-refractivity contribution in [2.45, 2.75) is 11.3 Å². The van der Waals surface area contributed by atoms with Gasteiger partial charge in [-0.2, -0.15) is 0 Å². The molecule has 0 atom stereocenters. The van der Waals surface area contributed by atoms with Crippen molar-refractivity contribution in [1.29, 1.82) is 0 Å². The van der Waals surface area contributed by atoms with Crippen LogP contribution >= 0.6 is 11.3 Å². The Morgan fingerprint density at radius 3 is 2.59 bits per heavy atom. The van der Waals surface area contributed by atoms with Gasteiger partial charge in [-0.25, -0.2) is 8.42 Å². The van der Waals surface area contributed by atoms with E-state index >= 15 is 0 Å². The van der Waals surface area contributed by atoms with Crippen molar-refractivity contribution in [3.8, 4) is 0 Å². The Bertz CT molecular complexity index is 770. The maximum absolute atomic E-state index is 11.8. The van der Waals surface area contributed by atoms with Gasteiger partial charge < -0.3 is 4.90 Å². The highest BCUT2D eigenvalue weighted by Gasteiger charge is 2.23. The number of sulfone groups is 1. The van der Waals surface area contributed by atoms with E-state index in [2.05, 4.69) is 0 Å². The Morgan fingerprint density at radius 2 is 2.05 bits per heavy atom. The largest absolute Gasteiger partial charge is 0.374 e. The Kier molecular flexibility index (Phi) is 4.82. The van der Waals surface area contributed by atoms with Gasteiger partial charge in [0.2, 0.25) is 0 Å². The monoisotopic (exact) mass is 340 g/mol. The second-order valence-electron chi connectivity index (χ2n) is 4.93. The molecule has 0 bridgehead atoms. The van der Waals surface area contributed by atoms with Crippen LogP contribution in [0.5, 0.6) is 0 Å².